The van der Waals surface area contributed by atoms with Crippen LogP contribution in [0, 0.1) is 12.8 Å². The standard InChI is InChI=1S/C37H47N5O4/c1-5-38-36(43)32-23-30(24-39-37(32)46-22-21-45-4)35-27(2)34(42(40-35)31-16-10-7-11-17-31)18-12-15-29-25-41(19-20-44-3)26-33(29)28-13-8-6-9-14-28/h6-11,13-14,16-17,23-24,29,33H,5,12,15,18-22,25-26H2,1-4H3,(H,38,43)/t29-,33+/m1/s1. The van der Waals surface area contributed by atoms with Crippen LogP contribution in [-0.4, -0.2) is 85.8 Å². The molecule has 4 aromatic rings. The minimum atomic E-state index is -0.228. The van der Waals surface area contributed by atoms with Crippen LogP contribution in [0.2, 0.25) is 0 Å². The summed E-state index contributed by atoms with van der Waals surface area (Å²) in [5.41, 5.74) is 6.68. The van der Waals surface area contributed by atoms with E-state index in [0.717, 1.165) is 68.0 Å². The summed E-state index contributed by atoms with van der Waals surface area (Å²) in [6.07, 6.45) is 4.79. The van der Waals surface area contributed by atoms with Crippen molar-refractivity contribution < 1.29 is 19.0 Å². The summed E-state index contributed by atoms with van der Waals surface area (Å²) in [4.78, 5) is 20.1. The first-order valence-corrected chi connectivity index (χ1v) is 16.3. The van der Waals surface area contributed by atoms with Gasteiger partial charge in [0, 0.05) is 63.8 Å². The smallest absolute Gasteiger partial charge is 0.256 e. The average Bonchev–Trinajstić information content (AvgIpc) is 3.65. The van der Waals surface area contributed by atoms with Gasteiger partial charge in [0.15, 0.2) is 0 Å². The van der Waals surface area contributed by atoms with Gasteiger partial charge in [-0.3, -0.25) is 4.79 Å². The number of nitrogens with one attached hydrogen (secondary N) is 1. The number of amides is 1. The van der Waals surface area contributed by atoms with Gasteiger partial charge in [0.25, 0.3) is 5.91 Å². The van der Waals surface area contributed by atoms with E-state index >= 15 is 0 Å². The summed E-state index contributed by atoms with van der Waals surface area (Å²) >= 11 is 0. The normalized spacial score (nSPS) is 16.5. The lowest BCUT2D eigenvalue weighted by Crippen LogP contribution is -2.25. The minimum Gasteiger partial charge on any atom is -0.475 e. The minimum absolute atomic E-state index is 0.228. The van der Waals surface area contributed by atoms with E-state index in [0.29, 0.717) is 37.2 Å². The number of ether oxygens (including phenoxy) is 3. The fourth-order valence-corrected chi connectivity index (χ4v) is 6.48. The van der Waals surface area contributed by atoms with Gasteiger partial charge in [-0.05, 0) is 68.4 Å². The Labute approximate surface area is 272 Å². The molecule has 9 heteroatoms. The molecular weight excluding hydrogens is 578 g/mol. The predicted molar refractivity (Wildman–Crippen MR) is 181 cm³/mol. The highest BCUT2D eigenvalue weighted by atomic mass is 16.5. The molecular formula is C37H47N5O4. The number of rotatable bonds is 16. The van der Waals surface area contributed by atoms with Crippen LogP contribution in [0.4, 0.5) is 0 Å². The zero-order valence-electron chi connectivity index (χ0n) is 27.6. The fraction of sp³-hybridized carbons (Fsp3) is 0.432. The topological polar surface area (TPSA) is 90.7 Å². The Hall–Kier alpha value is -4.05. The maximum atomic E-state index is 13.0. The van der Waals surface area contributed by atoms with Gasteiger partial charge in [0.05, 0.1) is 24.6 Å². The number of methoxy groups -OCH3 is 2. The van der Waals surface area contributed by atoms with E-state index in [-0.39, 0.29) is 11.8 Å². The molecule has 1 N–H and O–H groups in total. The molecule has 2 atom stereocenters. The van der Waals surface area contributed by atoms with Gasteiger partial charge in [-0.15, -0.1) is 0 Å². The van der Waals surface area contributed by atoms with E-state index in [4.69, 9.17) is 19.3 Å². The molecule has 5 rings (SSSR count). The highest BCUT2D eigenvalue weighted by Gasteiger charge is 2.33. The number of likely N-dealkylation sites (tertiary alicyclic amines) is 1. The Balaban J connectivity index is 1.42. The fourth-order valence-electron chi connectivity index (χ4n) is 6.48. The van der Waals surface area contributed by atoms with Crippen molar-refractivity contribution in [1.82, 2.24) is 25.0 Å². The number of nitrogens with zero attached hydrogens (tertiary/aromatic N) is 4. The third-order valence-corrected chi connectivity index (χ3v) is 8.82. The van der Waals surface area contributed by atoms with Crippen LogP contribution in [0.1, 0.15) is 52.9 Å². The molecule has 1 amide bonds. The number of aromatic nitrogens is 3. The van der Waals surface area contributed by atoms with Gasteiger partial charge in [0.2, 0.25) is 5.88 Å². The monoisotopic (exact) mass is 625 g/mol. The number of hydrogen-bond acceptors (Lipinski definition) is 7. The Kier molecular flexibility index (Phi) is 11.9. The second-order valence-corrected chi connectivity index (χ2v) is 11.9. The summed E-state index contributed by atoms with van der Waals surface area (Å²) < 4.78 is 18.4. The van der Waals surface area contributed by atoms with Gasteiger partial charge in [-0.1, -0.05) is 48.5 Å². The highest BCUT2D eigenvalue weighted by molar-refractivity contribution is 5.97. The number of benzene rings is 2. The first-order chi connectivity index (χ1) is 22.5. The van der Waals surface area contributed by atoms with Crippen molar-refractivity contribution in [3.63, 3.8) is 0 Å². The molecule has 0 radical (unpaired) electrons. The van der Waals surface area contributed by atoms with E-state index in [2.05, 4.69) is 69.3 Å². The zero-order valence-corrected chi connectivity index (χ0v) is 27.6. The molecule has 1 fully saturated rings. The van der Waals surface area contributed by atoms with Gasteiger partial charge >= 0.3 is 0 Å². The van der Waals surface area contributed by atoms with Crippen molar-refractivity contribution in [2.45, 2.75) is 39.0 Å². The third-order valence-electron chi connectivity index (χ3n) is 8.82. The summed E-state index contributed by atoms with van der Waals surface area (Å²) in [6, 6.07) is 23.0. The molecule has 1 aliphatic rings. The molecule has 46 heavy (non-hydrogen) atoms. The SMILES string of the molecule is CCNC(=O)c1cc(-c2nn(-c3ccccc3)c(CCC[C@@H]3CN(CCOC)C[C@H]3c3ccccc3)c2C)cnc1OCCOC. The number of carbonyl (C=O) groups excluding carboxylic acids is 1. The molecule has 0 spiro atoms. The number of pyridine rings is 1. The predicted octanol–water partition coefficient (Wildman–Crippen LogP) is 5.70. The molecule has 244 valence electrons. The molecule has 3 heterocycles. The Bertz CT molecular complexity index is 1540. The summed E-state index contributed by atoms with van der Waals surface area (Å²) in [5.74, 6) is 1.14. The van der Waals surface area contributed by atoms with Crippen LogP contribution in [0.5, 0.6) is 5.88 Å². The Morgan fingerprint density at radius 3 is 2.43 bits per heavy atom. The van der Waals surface area contributed by atoms with Crippen LogP contribution in [0.15, 0.2) is 72.9 Å². The number of hydrogen-bond donors (Lipinski definition) is 1. The van der Waals surface area contributed by atoms with Crippen molar-refractivity contribution in [3.05, 3.63) is 95.3 Å². The lowest BCUT2D eigenvalue weighted by molar-refractivity contribution is 0.0946. The number of carbonyl (C=O) groups is 1. The van der Waals surface area contributed by atoms with Crippen molar-refractivity contribution in [1.29, 1.82) is 0 Å². The van der Waals surface area contributed by atoms with Gasteiger partial charge in [-0.25, -0.2) is 9.67 Å². The average molecular weight is 626 g/mol. The first kappa shape index (κ1) is 33.3. The zero-order chi connectivity index (χ0) is 32.3. The Morgan fingerprint density at radius 2 is 1.72 bits per heavy atom. The first-order valence-electron chi connectivity index (χ1n) is 16.3. The molecule has 9 nitrogen and oxygen atoms in total. The van der Waals surface area contributed by atoms with Crippen molar-refractivity contribution in [2.75, 3.05) is 60.2 Å². The van der Waals surface area contributed by atoms with Crippen molar-refractivity contribution in [3.8, 4) is 22.8 Å². The Morgan fingerprint density at radius 1 is 0.978 bits per heavy atom. The maximum absolute atomic E-state index is 13.0. The van der Waals surface area contributed by atoms with Crippen molar-refractivity contribution in [2.24, 2.45) is 5.92 Å². The van der Waals surface area contributed by atoms with E-state index in [1.807, 2.05) is 31.2 Å². The molecule has 0 saturated carbocycles. The summed E-state index contributed by atoms with van der Waals surface area (Å²) in [6.45, 7) is 9.09. The number of para-hydroxylation sites is 1. The maximum Gasteiger partial charge on any atom is 0.256 e. The van der Waals surface area contributed by atoms with Crippen LogP contribution >= 0.6 is 0 Å². The molecule has 1 aliphatic heterocycles. The van der Waals surface area contributed by atoms with Crippen LogP contribution in [-0.2, 0) is 15.9 Å². The summed E-state index contributed by atoms with van der Waals surface area (Å²) in [5, 5.41) is 8.01. The largest absolute Gasteiger partial charge is 0.475 e. The van der Waals surface area contributed by atoms with E-state index in [9.17, 15) is 4.79 Å². The molecule has 0 unspecified atom stereocenters. The van der Waals surface area contributed by atoms with Gasteiger partial charge in [-0.2, -0.15) is 5.10 Å². The van der Waals surface area contributed by atoms with Gasteiger partial charge in [0.1, 0.15) is 12.2 Å². The molecule has 0 aliphatic carbocycles. The van der Waals surface area contributed by atoms with Crippen molar-refractivity contribution >= 4 is 5.91 Å². The second kappa shape index (κ2) is 16.5. The third kappa shape index (κ3) is 8.02. The van der Waals surface area contributed by atoms with E-state index in [1.54, 1.807) is 20.4 Å². The highest BCUT2D eigenvalue weighted by Crippen LogP contribution is 2.36. The summed E-state index contributed by atoms with van der Waals surface area (Å²) in [7, 11) is 3.39. The molecule has 1 saturated heterocycles. The molecule has 0 bridgehead atoms. The molecule has 2 aromatic carbocycles. The second-order valence-electron chi connectivity index (χ2n) is 11.9. The van der Waals surface area contributed by atoms with E-state index in [1.165, 1.54) is 11.3 Å². The van der Waals surface area contributed by atoms with Gasteiger partial charge < -0.3 is 24.4 Å². The van der Waals surface area contributed by atoms with Crippen LogP contribution in [0.25, 0.3) is 16.9 Å². The van der Waals surface area contributed by atoms with E-state index < -0.39 is 0 Å². The lowest BCUT2D eigenvalue weighted by Gasteiger charge is -2.19. The lowest BCUT2D eigenvalue weighted by atomic mass is 9.85. The van der Waals surface area contributed by atoms with Crippen LogP contribution in [0.3, 0.4) is 0 Å². The van der Waals surface area contributed by atoms with Crippen LogP contribution < -0.4 is 10.1 Å². The quantitative estimate of drug-likeness (QED) is 0.160. The molecule has 2 aromatic heterocycles.